The van der Waals surface area contributed by atoms with Crippen molar-refractivity contribution in [1.29, 1.82) is 0 Å². The van der Waals surface area contributed by atoms with Crippen molar-refractivity contribution in [3.05, 3.63) is 17.7 Å². The van der Waals surface area contributed by atoms with E-state index in [2.05, 4.69) is 51.7 Å². The van der Waals surface area contributed by atoms with Crippen LogP contribution in [0.25, 0.3) is 0 Å². The van der Waals surface area contributed by atoms with Crippen molar-refractivity contribution in [2.24, 2.45) is 5.41 Å². The van der Waals surface area contributed by atoms with Gasteiger partial charge in [-0.05, 0) is 57.2 Å². The SMILES string of the molecule is COC(=O)NC1CCC(C)(C(=O)C2Nc3cc(C)c(N4CCN(CCF)CC4C)cc3N2)CC1. The van der Waals surface area contributed by atoms with Gasteiger partial charge in [0.15, 0.2) is 11.9 Å². The van der Waals surface area contributed by atoms with Crippen LogP contribution in [0, 0.1) is 12.3 Å². The Morgan fingerprint density at radius 3 is 2.50 bits per heavy atom. The standard InChI is InChI=1S/C25H38FN5O3/c1-16-13-19-20(14-21(16)31-12-11-30(10-9-26)15-17(31)2)29-23(28-19)22(32)25(3)7-5-18(6-8-25)27-24(33)34-4/h13-14,17-18,23,28-29H,5-12,15H2,1-4H3,(H,27,33). The Labute approximate surface area is 201 Å². The second-order valence-corrected chi connectivity index (χ2v) is 10.3. The van der Waals surface area contributed by atoms with Crippen molar-refractivity contribution in [2.45, 2.75) is 64.7 Å². The van der Waals surface area contributed by atoms with Crippen molar-refractivity contribution in [2.75, 3.05) is 55.5 Å². The van der Waals surface area contributed by atoms with Gasteiger partial charge in [-0.2, -0.15) is 0 Å². The predicted molar refractivity (Wildman–Crippen MR) is 132 cm³/mol. The number of hydrogen-bond donors (Lipinski definition) is 3. The van der Waals surface area contributed by atoms with Crippen LogP contribution in [0.2, 0.25) is 0 Å². The van der Waals surface area contributed by atoms with Crippen LogP contribution in [0.3, 0.4) is 0 Å². The average molecular weight is 476 g/mol. The Bertz CT molecular complexity index is 918. The molecule has 2 fully saturated rings. The van der Waals surface area contributed by atoms with Crippen LogP contribution in [0.5, 0.6) is 0 Å². The lowest BCUT2D eigenvalue weighted by Crippen LogP contribution is -2.52. The molecule has 2 aliphatic heterocycles. The van der Waals surface area contributed by atoms with Gasteiger partial charge in [0.05, 0.1) is 18.5 Å². The number of ketones is 1. The van der Waals surface area contributed by atoms with Crippen LogP contribution in [-0.4, -0.2) is 75.0 Å². The highest BCUT2D eigenvalue weighted by atomic mass is 19.1. The molecule has 8 nitrogen and oxygen atoms in total. The maximum atomic E-state index is 13.5. The normalized spacial score (nSPS) is 29.1. The quantitative estimate of drug-likeness (QED) is 0.581. The molecule has 34 heavy (non-hydrogen) atoms. The molecule has 1 aromatic carbocycles. The number of carbonyl (C=O) groups excluding carboxylic acids is 2. The zero-order valence-corrected chi connectivity index (χ0v) is 20.7. The smallest absolute Gasteiger partial charge is 0.407 e. The van der Waals surface area contributed by atoms with Gasteiger partial charge in [-0.3, -0.25) is 9.69 Å². The van der Waals surface area contributed by atoms with Crippen molar-refractivity contribution in [3.63, 3.8) is 0 Å². The molecule has 4 rings (SSSR count). The Morgan fingerprint density at radius 2 is 1.88 bits per heavy atom. The van der Waals surface area contributed by atoms with Gasteiger partial charge < -0.3 is 25.6 Å². The molecule has 3 aliphatic rings. The van der Waals surface area contributed by atoms with Gasteiger partial charge in [0.2, 0.25) is 0 Å². The number of Topliss-reactive ketones (excluding diaryl/α,β-unsaturated/α-hetero) is 1. The number of benzene rings is 1. The molecular formula is C25H38FN5O3. The highest BCUT2D eigenvalue weighted by Gasteiger charge is 2.43. The number of alkyl carbamates (subject to hydrolysis) is 1. The van der Waals surface area contributed by atoms with Crippen LogP contribution in [0.15, 0.2) is 12.1 Å². The van der Waals surface area contributed by atoms with E-state index in [1.165, 1.54) is 7.11 Å². The van der Waals surface area contributed by atoms with Gasteiger partial charge in [0, 0.05) is 49.4 Å². The summed E-state index contributed by atoms with van der Waals surface area (Å²) in [6.07, 6.45) is 2.08. The van der Waals surface area contributed by atoms with Crippen molar-refractivity contribution >= 4 is 28.9 Å². The maximum Gasteiger partial charge on any atom is 0.407 e. The molecule has 1 aliphatic carbocycles. The van der Waals surface area contributed by atoms with Crippen LogP contribution in [0.4, 0.5) is 26.2 Å². The number of rotatable bonds is 6. The third kappa shape index (κ3) is 4.94. The maximum absolute atomic E-state index is 13.5. The van der Waals surface area contributed by atoms with E-state index in [1.54, 1.807) is 0 Å². The van der Waals surface area contributed by atoms with Crippen molar-refractivity contribution < 1.29 is 18.7 Å². The number of ether oxygens (including phenoxy) is 1. The third-order valence-electron chi connectivity index (χ3n) is 7.81. The fourth-order valence-corrected chi connectivity index (χ4v) is 5.66. The first-order valence-corrected chi connectivity index (χ1v) is 12.4. The number of fused-ring (bicyclic) bond motifs is 1. The topological polar surface area (TPSA) is 85.9 Å². The molecule has 0 aromatic heterocycles. The minimum absolute atomic E-state index is 0.0487. The van der Waals surface area contributed by atoms with Gasteiger partial charge in [-0.15, -0.1) is 0 Å². The van der Waals surface area contributed by atoms with E-state index >= 15 is 0 Å². The number of methoxy groups -OCH3 is 1. The van der Waals surface area contributed by atoms with Crippen LogP contribution in [0.1, 0.15) is 45.1 Å². The molecule has 9 heteroatoms. The number of nitrogens with one attached hydrogen (secondary N) is 3. The number of anilines is 3. The van der Waals surface area contributed by atoms with E-state index in [0.29, 0.717) is 6.54 Å². The van der Waals surface area contributed by atoms with Crippen molar-refractivity contribution in [3.8, 4) is 0 Å². The lowest BCUT2D eigenvalue weighted by atomic mass is 9.70. The molecule has 188 valence electrons. The first kappa shape index (κ1) is 24.6. The fraction of sp³-hybridized carbons (Fsp3) is 0.680. The number of piperazine rings is 1. The minimum Gasteiger partial charge on any atom is -0.453 e. The summed E-state index contributed by atoms with van der Waals surface area (Å²) in [6.45, 7) is 9.05. The Morgan fingerprint density at radius 1 is 1.21 bits per heavy atom. The molecule has 1 saturated heterocycles. The highest BCUT2D eigenvalue weighted by Crippen LogP contribution is 2.42. The Hall–Kier alpha value is -2.55. The van der Waals surface area contributed by atoms with Crippen LogP contribution >= 0.6 is 0 Å². The zero-order valence-electron chi connectivity index (χ0n) is 20.7. The summed E-state index contributed by atoms with van der Waals surface area (Å²) < 4.78 is 17.5. The second-order valence-electron chi connectivity index (χ2n) is 10.3. The number of carbonyl (C=O) groups is 2. The summed E-state index contributed by atoms with van der Waals surface area (Å²) in [5, 5.41) is 9.68. The number of hydrogen-bond acceptors (Lipinski definition) is 7. The number of halogens is 1. The fourth-order valence-electron chi connectivity index (χ4n) is 5.66. The molecule has 0 spiro atoms. The number of amides is 1. The predicted octanol–water partition coefficient (Wildman–Crippen LogP) is 3.51. The van der Waals surface area contributed by atoms with Gasteiger partial charge in [0.1, 0.15) is 6.67 Å². The van der Waals surface area contributed by atoms with Gasteiger partial charge in [0.25, 0.3) is 0 Å². The number of nitrogens with zero attached hydrogens (tertiary/aromatic N) is 2. The molecule has 1 aromatic rings. The summed E-state index contributed by atoms with van der Waals surface area (Å²) in [4.78, 5) is 29.6. The first-order chi connectivity index (χ1) is 16.2. The van der Waals surface area contributed by atoms with E-state index in [-0.39, 0.29) is 24.5 Å². The monoisotopic (exact) mass is 475 g/mol. The Kier molecular flexibility index (Phi) is 7.21. The number of aryl methyl sites for hydroxylation is 1. The van der Waals surface area contributed by atoms with Crippen molar-refractivity contribution in [1.82, 2.24) is 10.2 Å². The summed E-state index contributed by atoms with van der Waals surface area (Å²) >= 11 is 0. The molecule has 1 saturated carbocycles. The lowest BCUT2D eigenvalue weighted by molar-refractivity contribution is -0.129. The molecule has 2 atom stereocenters. The van der Waals surface area contributed by atoms with Gasteiger partial charge >= 0.3 is 6.09 Å². The van der Waals surface area contributed by atoms with Crippen LogP contribution in [-0.2, 0) is 9.53 Å². The van der Waals surface area contributed by atoms with E-state index in [9.17, 15) is 14.0 Å². The summed E-state index contributed by atoms with van der Waals surface area (Å²) in [5.74, 6) is 0.160. The average Bonchev–Trinajstić information content (AvgIpc) is 3.22. The number of alkyl halides is 1. The summed E-state index contributed by atoms with van der Waals surface area (Å²) in [7, 11) is 1.36. The Balaban J connectivity index is 1.41. The van der Waals surface area contributed by atoms with Gasteiger partial charge in [-0.1, -0.05) is 6.92 Å². The second kappa shape index (κ2) is 9.98. The lowest BCUT2D eigenvalue weighted by Gasteiger charge is -2.41. The first-order valence-electron chi connectivity index (χ1n) is 12.4. The van der Waals surface area contributed by atoms with E-state index in [4.69, 9.17) is 4.74 Å². The molecular weight excluding hydrogens is 437 g/mol. The van der Waals surface area contributed by atoms with E-state index < -0.39 is 17.7 Å². The summed E-state index contributed by atoms with van der Waals surface area (Å²) in [5.41, 5.74) is 3.77. The molecule has 2 unspecified atom stereocenters. The largest absolute Gasteiger partial charge is 0.453 e. The molecule has 0 radical (unpaired) electrons. The molecule has 1 amide bonds. The van der Waals surface area contributed by atoms with E-state index in [1.807, 2.05) is 6.92 Å². The zero-order chi connectivity index (χ0) is 24.5. The molecule has 2 heterocycles. The third-order valence-corrected chi connectivity index (χ3v) is 7.81. The minimum atomic E-state index is -0.460. The molecule has 3 N–H and O–H groups in total. The van der Waals surface area contributed by atoms with Crippen LogP contribution < -0.4 is 20.9 Å². The van der Waals surface area contributed by atoms with E-state index in [0.717, 1.165) is 67.9 Å². The highest BCUT2D eigenvalue weighted by molar-refractivity contribution is 5.98. The van der Waals surface area contributed by atoms with Gasteiger partial charge in [-0.25, -0.2) is 9.18 Å². The summed E-state index contributed by atoms with van der Waals surface area (Å²) in [6, 6.07) is 4.60. The molecule has 0 bridgehead atoms.